The molecular weight excluding hydrogens is 176 g/mol. The maximum atomic E-state index is 11.3. The minimum Gasteiger partial charge on any atom is -0.479 e. The van der Waals surface area contributed by atoms with Crippen LogP contribution in [-0.4, -0.2) is 46.0 Å². The third kappa shape index (κ3) is 1.38. The zero-order valence-electron chi connectivity index (χ0n) is 7.68. The number of hydrogen-bond donors (Lipinski definition) is 2. The van der Waals surface area contributed by atoms with E-state index in [0.29, 0.717) is 0 Å². The summed E-state index contributed by atoms with van der Waals surface area (Å²) in [5.74, 6) is -3.90. The number of amides is 1. The summed E-state index contributed by atoms with van der Waals surface area (Å²) in [7, 11) is 1.22. The van der Waals surface area contributed by atoms with Gasteiger partial charge in [0.1, 0.15) is 0 Å². The van der Waals surface area contributed by atoms with Gasteiger partial charge < -0.3 is 14.9 Å². The first-order valence-electron chi connectivity index (χ1n) is 3.82. The van der Waals surface area contributed by atoms with E-state index >= 15 is 0 Å². The Labute approximate surface area is 75.4 Å². The van der Waals surface area contributed by atoms with E-state index < -0.39 is 17.6 Å². The number of nitrogens with zero attached hydrogens (tertiary/aromatic N) is 2. The van der Waals surface area contributed by atoms with Gasteiger partial charge in [-0.15, -0.1) is 5.10 Å². The van der Waals surface area contributed by atoms with Crippen molar-refractivity contribution in [2.24, 2.45) is 5.10 Å². The normalized spacial score (nSPS) is 20.9. The quantitative estimate of drug-likeness (QED) is 0.510. The smallest absolute Gasteiger partial charge is 0.327 e. The first-order chi connectivity index (χ1) is 5.91. The molecule has 74 valence electrons. The maximum Gasteiger partial charge on any atom is 0.327 e. The topological polar surface area (TPSA) is 82.4 Å². The van der Waals surface area contributed by atoms with Gasteiger partial charge in [-0.3, -0.25) is 4.79 Å². The van der Waals surface area contributed by atoms with Crippen LogP contribution in [0.15, 0.2) is 5.10 Å². The van der Waals surface area contributed by atoms with Crippen LogP contribution in [0.5, 0.6) is 0 Å². The van der Waals surface area contributed by atoms with Crippen LogP contribution in [0.4, 0.5) is 0 Å². The summed E-state index contributed by atoms with van der Waals surface area (Å²) in [6.07, 6.45) is 0. The highest BCUT2D eigenvalue weighted by molar-refractivity contribution is 6.09. The third-order valence-corrected chi connectivity index (χ3v) is 1.69. The number of carbonyl (C=O) groups is 1. The largest absolute Gasteiger partial charge is 0.479 e. The molecule has 0 saturated heterocycles. The average molecular weight is 188 g/mol. The van der Waals surface area contributed by atoms with Gasteiger partial charge in [-0.1, -0.05) is 0 Å². The molecular formula is C7H12N2O4. The Hall–Kier alpha value is -1.14. The molecule has 1 heterocycles. The second-order valence-electron chi connectivity index (χ2n) is 3.02. The van der Waals surface area contributed by atoms with Crippen LogP contribution in [-0.2, 0) is 9.53 Å². The number of aliphatic hydroxyl groups is 2. The molecule has 1 rings (SSSR count). The van der Waals surface area contributed by atoms with Crippen molar-refractivity contribution < 1.29 is 19.7 Å². The minimum atomic E-state index is -2.61. The Morgan fingerprint density at radius 3 is 2.31 bits per heavy atom. The SMILES string of the molecule is COC1=NN(C(C)C)C(=O)C1(O)O. The lowest BCUT2D eigenvalue weighted by molar-refractivity contribution is -0.172. The molecule has 0 aromatic rings. The Morgan fingerprint density at radius 1 is 1.54 bits per heavy atom. The molecule has 0 fully saturated rings. The van der Waals surface area contributed by atoms with Crippen LogP contribution in [0.25, 0.3) is 0 Å². The number of methoxy groups -OCH3 is 1. The lowest BCUT2D eigenvalue weighted by atomic mass is 10.2. The number of hydrogen-bond acceptors (Lipinski definition) is 5. The minimum absolute atomic E-state index is 0.237. The van der Waals surface area contributed by atoms with Crippen molar-refractivity contribution >= 4 is 11.8 Å². The van der Waals surface area contributed by atoms with E-state index in [1.807, 2.05) is 0 Å². The van der Waals surface area contributed by atoms with Gasteiger partial charge in [-0.05, 0) is 13.8 Å². The molecule has 0 aromatic carbocycles. The molecule has 2 N–H and O–H groups in total. The van der Waals surface area contributed by atoms with Crippen molar-refractivity contribution in [3.8, 4) is 0 Å². The number of ether oxygens (including phenoxy) is 1. The summed E-state index contributed by atoms with van der Waals surface area (Å²) in [6, 6.07) is -0.237. The standard InChI is InChI=1S/C7H12N2O4/c1-4(2)9-6(10)7(11,12)5(8-9)13-3/h4,11-12H,1-3H3. The molecule has 1 aliphatic rings. The van der Waals surface area contributed by atoms with Crippen LogP contribution >= 0.6 is 0 Å². The van der Waals surface area contributed by atoms with Crippen molar-refractivity contribution in [1.82, 2.24) is 5.01 Å². The van der Waals surface area contributed by atoms with Crippen LogP contribution < -0.4 is 0 Å². The second-order valence-corrected chi connectivity index (χ2v) is 3.02. The zero-order chi connectivity index (χ0) is 10.2. The van der Waals surface area contributed by atoms with Gasteiger partial charge in [0, 0.05) is 0 Å². The molecule has 0 bridgehead atoms. The summed E-state index contributed by atoms with van der Waals surface area (Å²) in [5.41, 5.74) is 0. The fourth-order valence-electron chi connectivity index (χ4n) is 0.997. The van der Waals surface area contributed by atoms with Crippen molar-refractivity contribution in [3.05, 3.63) is 0 Å². The highest BCUT2D eigenvalue weighted by Gasteiger charge is 2.51. The monoisotopic (exact) mass is 188 g/mol. The van der Waals surface area contributed by atoms with E-state index in [4.69, 9.17) is 0 Å². The van der Waals surface area contributed by atoms with E-state index in [1.165, 1.54) is 7.11 Å². The summed E-state index contributed by atoms with van der Waals surface area (Å²) >= 11 is 0. The molecule has 0 saturated carbocycles. The predicted octanol–water partition coefficient (Wildman–Crippen LogP) is -1.12. The molecule has 0 aromatic heterocycles. The third-order valence-electron chi connectivity index (χ3n) is 1.69. The molecule has 0 unspecified atom stereocenters. The van der Waals surface area contributed by atoms with Gasteiger partial charge >= 0.3 is 11.7 Å². The first kappa shape index (κ1) is 9.94. The van der Waals surface area contributed by atoms with Crippen molar-refractivity contribution in [3.63, 3.8) is 0 Å². The van der Waals surface area contributed by atoms with Crippen LogP contribution in [0.3, 0.4) is 0 Å². The fourth-order valence-corrected chi connectivity index (χ4v) is 0.997. The lowest BCUT2D eigenvalue weighted by Gasteiger charge is -2.18. The Morgan fingerprint density at radius 2 is 2.08 bits per heavy atom. The average Bonchev–Trinajstić information content (AvgIpc) is 2.25. The highest BCUT2D eigenvalue weighted by Crippen LogP contribution is 2.20. The molecule has 1 aliphatic heterocycles. The van der Waals surface area contributed by atoms with E-state index in [-0.39, 0.29) is 6.04 Å². The van der Waals surface area contributed by atoms with Gasteiger partial charge in [-0.25, -0.2) is 5.01 Å². The molecule has 0 spiro atoms. The van der Waals surface area contributed by atoms with Gasteiger partial charge in [0.25, 0.3) is 5.90 Å². The predicted molar refractivity (Wildman–Crippen MR) is 43.6 cm³/mol. The van der Waals surface area contributed by atoms with E-state index in [2.05, 4.69) is 9.84 Å². The second kappa shape index (κ2) is 2.97. The van der Waals surface area contributed by atoms with Crippen molar-refractivity contribution in [2.45, 2.75) is 25.7 Å². The summed E-state index contributed by atoms with van der Waals surface area (Å²) in [6.45, 7) is 3.41. The molecule has 0 radical (unpaired) electrons. The number of hydrazone groups is 1. The van der Waals surface area contributed by atoms with Crippen molar-refractivity contribution in [1.29, 1.82) is 0 Å². The summed E-state index contributed by atoms with van der Waals surface area (Å²) in [4.78, 5) is 11.3. The summed E-state index contributed by atoms with van der Waals surface area (Å²) < 4.78 is 4.56. The van der Waals surface area contributed by atoms with Gasteiger partial charge in [0.15, 0.2) is 0 Å². The summed E-state index contributed by atoms with van der Waals surface area (Å²) in [5, 5.41) is 23.1. The number of rotatable bonds is 1. The molecule has 13 heavy (non-hydrogen) atoms. The first-order valence-corrected chi connectivity index (χ1v) is 3.82. The number of carbonyl (C=O) groups excluding carboxylic acids is 1. The molecule has 6 nitrogen and oxygen atoms in total. The maximum absolute atomic E-state index is 11.3. The molecule has 1 amide bonds. The van der Waals surface area contributed by atoms with Crippen LogP contribution in [0, 0.1) is 0 Å². The lowest BCUT2D eigenvalue weighted by Crippen LogP contribution is -2.48. The fraction of sp³-hybridized carbons (Fsp3) is 0.714. The van der Waals surface area contributed by atoms with Crippen LogP contribution in [0.2, 0.25) is 0 Å². The van der Waals surface area contributed by atoms with Gasteiger partial charge in [0.05, 0.1) is 13.2 Å². The highest BCUT2D eigenvalue weighted by atomic mass is 16.6. The zero-order valence-corrected chi connectivity index (χ0v) is 7.68. The van der Waals surface area contributed by atoms with Gasteiger partial charge in [0.2, 0.25) is 0 Å². The van der Waals surface area contributed by atoms with Gasteiger partial charge in [-0.2, -0.15) is 0 Å². The Balaban J connectivity index is 2.99. The van der Waals surface area contributed by atoms with Crippen molar-refractivity contribution in [2.75, 3.05) is 7.11 Å². The Kier molecular flexibility index (Phi) is 2.27. The molecule has 0 aliphatic carbocycles. The van der Waals surface area contributed by atoms with E-state index in [9.17, 15) is 15.0 Å². The molecule has 6 heteroatoms. The Bertz CT molecular complexity index is 259. The van der Waals surface area contributed by atoms with Crippen LogP contribution in [0.1, 0.15) is 13.8 Å². The van der Waals surface area contributed by atoms with E-state index in [1.54, 1.807) is 13.8 Å². The van der Waals surface area contributed by atoms with E-state index in [0.717, 1.165) is 5.01 Å². The molecule has 0 atom stereocenters.